The summed E-state index contributed by atoms with van der Waals surface area (Å²) < 4.78 is 6.81. The van der Waals surface area contributed by atoms with Crippen LogP contribution >= 0.6 is 0 Å². The highest BCUT2D eigenvalue weighted by Crippen LogP contribution is 2.25. The molecule has 1 aromatic carbocycles. The Morgan fingerprint density at radius 3 is 2.72 bits per heavy atom. The van der Waals surface area contributed by atoms with Crippen LogP contribution in [-0.4, -0.2) is 38.7 Å². The van der Waals surface area contributed by atoms with E-state index in [1.165, 1.54) is 19.6 Å². The number of carbonyl (C=O) groups is 2. The van der Waals surface area contributed by atoms with Crippen molar-refractivity contribution in [1.29, 1.82) is 0 Å². The van der Waals surface area contributed by atoms with Crippen LogP contribution in [0.5, 0.6) is 0 Å². The number of benzene rings is 1. The van der Waals surface area contributed by atoms with Crippen LogP contribution in [0.4, 0.5) is 5.69 Å². The van der Waals surface area contributed by atoms with E-state index in [1.807, 2.05) is 18.2 Å². The molecule has 0 unspecified atom stereocenters. The Morgan fingerprint density at radius 1 is 1.03 bits per heavy atom. The van der Waals surface area contributed by atoms with Gasteiger partial charge >= 0.3 is 5.97 Å². The van der Waals surface area contributed by atoms with Gasteiger partial charge in [0.1, 0.15) is 17.2 Å². The maximum Gasteiger partial charge on any atom is 0.356 e. The van der Waals surface area contributed by atoms with Crippen LogP contribution in [-0.2, 0) is 17.7 Å². The van der Waals surface area contributed by atoms with Crippen molar-refractivity contribution in [2.75, 3.05) is 12.4 Å². The van der Waals surface area contributed by atoms with Gasteiger partial charge in [-0.2, -0.15) is 0 Å². The van der Waals surface area contributed by atoms with Crippen molar-refractivity contribution in [2.45, 2.75) is 32.2 Å². The van der Waals surface area contributed by atoms with E-state index in [2.05, 4.69) is 29.8 Å². The molecular formula is C21H21N5O3. The molecule has 2 aromatic heterocycles. The number of anilines is 1. The maximum atomic E-state index is 12.6. The first-order valence-corrected chi connectivity index (χ1v) is 9.55. The lowest BCUT2D eigenvalue weighted by Gasteiger charge is -2.09. The largest absolute Gasteiger partial charge is 0.464 e. The molecule has 0 aliphatic carbocycles. The lowest BCUT2D eigenvalue weighted by atomic mass is 10.1. The number of hydrogen-bond donors (Lipinski definition) is 1. The molecule has 8 heteroatoms. The van der Waals surface area contributed by atoms with E-state index in [-0.39, 0.29) is 11.4 Å². The number of aryl methyl sites for hydroxylation is 1. The first kappa shape index (κ1) is 18.8. The first-order chi connectivity index (χ1) is 14.2. The van der Waals surface area contributed by atoms with E-state index in [4.69, 9.17) is 0 Å². The van der Waals surface area contributed by atoms with Gasteiger partial charge in [0.15, 0.2) is 5.82 Å². The fraction of sp³-hybridized carbons (Fsp3) is 0.286. The molecule has 4 rings (SSSR count). The topological polar surface area (TPSA) is 99.0 Å². The SMILES string of the molecule is COC(=O)c1cccc(C(=O)Nc2cccc(-c3nnc4n3CCCCC4)c2)n1. The number of pyridine rings is 1. The van der Waals surface area contributed by atoms with E-state index < -0.39 is 11.9 Å². The van der Waals surface area contributed by atoms with Gasteiger partial charge in [0, 0.05) is 24.2 Å². The van der Waals surface area contributed by atoms with Crippen molar-refractivity contribution in [2.24, 2.45) is 0 Å². The van der Waals surface area contributed by atoms with Gasteiger partial charge in [-0.05, 0) is 37.1 Å². The van der Waals surface area contributed by atoms with Gasteiger partial charge in [0.2, 0.25) is 0 Å². The van der Waals surface area contributed by atoms with Crippen molar-refractivity contribution in [3.63, 3.8) is 0 Å². The number of hydrogen-bond acceptors (Lipinski definition) is 6. The van der Waals surface area contributed by atoms with Crippen LogP contribution in [0.2, 0.25) is 0 Å². The summed E-state index contributed by atoms with van der Waals surface area (Å²) in [5, 5.41) is 11.5. The average Bonchev–Trinajstić information content (AvgIpc) is 3.01. The summed E-state index contributed by atoms with van der Waals surface area (Å²) in [7, 11) is 1.27. The highest BCUT2D eigenvalue weighted by Gasteiger charge is 2.17. The van der Waals surface area contributed by atoms with Gasteiger partial charge in [-0.15, -0.1) is 10.2 Å². The molecule has 8 nitrogen and oxygen atoms in total. The average molecular weight is 391 g/mol. The number of esters is 1. The third-order valence-electron chi connectivity index (χ3n) is 4.86. The van der Waals surface area contributed by atoms with Crippen LogP contribution in [0.3, 0.4) is 0 Å². The normalized spacial score (nSPS) is 13.3. The van der Waals surface area contributed by atoms with Crippen molar-refractivity contribution < 1.29 is 14.3 Å². The molecule has 1 aliphatic heterocycles. The number of ether oxygens (including phenoxy) is 1. The Kier molecular flexibility index (Phi) is 5.33. The minimum absolute atomic E-state index is 0.0834. The number of amides is 1. The Bertz CT molecular complexity index is 1060. The van der Waals surface area contributed by atoms with Gasteiger partial charge in [0.05, 0.1) is 7.11 Å². The predicted octanol–water partition coefficient (Wildman–Crippen LogP) is 3.11. The molecule has 0 bridgehead atoms. The molecule has 0 saturated heterocycles. The number of methoxy groups -OCH3 is 1. The zero-order valence-corrected chi connectivity index (χ0v) is 16.1. The Balaban J connectivity index is 1.56. The van der Waals surface area contributed by atoms with Gasteiger partial charge < -0.3 is 14.6 Å². The second kappa shape index (κ2) is 8.22. The van der Waals surface area contributed by atoms with Gasteiger partial charge in [-0.3, -0.25) is 4.79 Å². The molecule has 1 aliphatic rings. The lowest BCUT2D eigenvalue weighted by molar-refractivity contribution is 0.0594. The van der Waals surface area contributed by atoms with Gasteiger partial charge in [0.25, 0.3) is 5.91 Å². The zero-order chi connectivity index (χ0) is 20.2. The molecule has 1 N–H and O–H groups in total. The number of aromatic nitrogens is 4. The van der Waals surface area contributed by atoms with E-state index in [1.54, 1.807) is 18.2 Å². The molecule has 0 spiro atoms. The third-order valence-corrected chi connectivity index (χ3v) is 4.86. The van der Waals surface area contributed by atoms with Crippen LogP contribution in [0.1, 0.15) is 46.1 Å². The van der Waals surface area contributed by atoms with Crippen molar-refractivity contribution in [1.82, 2.24) is 19.7 Å². The highest BCUT2D eigenvalue weighted by molar-refractivity contribution is 6.03. The predicted molar refractivity (Wildman–Crippen MR) is 107 cm³/mol. The van der Waals surface area contributed by atoms with E-state index in [0.717, 1.165) is 43.0 Å². The fourth-order valence-corrected chi connectivity index (χ4v) is 3.41. The molecule has 0 radical (unpaired) electrons. The highest BCUT2D eigenvalue weighted by atomic mass is 16.5. The van der Waals surface area contributed by atoms with Crippen molar-refractivity contribution in [3.05, 3.63) is 59.7 Å². The van der Waals surface area contributed by atoms with E-state index in [9.17, 15) is 9.59 Å². The van der Waals surface area contributed by atoms with Crippen LogP contribution in [0.25, 0.3) is 11.4 Å². The van der Waals surface area contributed by atoms with Crippen LogP contribution in [0, 0.1) is 0 Å². The zero-order valence-electron chi connectivity index (χ0n) is 16.1. The summed E-state index contributed by atoms with van der Waals surface area (Å²) in [6.07, 6.45) is 4.37. The molecule has 0 atom stereocenters. The second-order valence-electron chi connectivity index (χ2n) is 6.84. The molecule has 29 heavy (non-hydrogen) atoms. The summed E-state index contributed by atoms with van der Waals surface area (Å²) in [6.45, 7) is 0.901. The van der Waals surface area contributed by atoms with Crippen molar-refractivity contribution >= 4 is 17.6 Å². The minimum Gasteiger partial charge on any atom is -0.464 e. The van der Waals surface area contributed by atoms with Gasteiger partial charge in [-0.25, -0.2) is 9.78 Å². The van der Waals surface area contributed by atoms with E-state index in [0.29, 0.717) is 5.69 Å². The first-order valence-electron chi connectivity index (χ1n) is 9.55. The number of nitrogens with one attached hydrogen (secondary N) is 1. The smallest absolute Gasteiger partial charge is 0.356 e. The molecule has 0 saturated carbocycles. The van der Waals surface area contributed by atoms with Crippen molar-refractivity contribution in [3.8, 4) is 11.4 Å². The number of fused-ring (bicyclic) bond motifs is 1. The van der Waals surface area contributed by atoms with Crippen LogP contribution in [0.15, 0.2) is 42.5 Å². The second-order valence-corrected chi connectivity index (χ2v) is 6.84. The molecule has 1 amide bonds. The maximum absolute atomic E-state index is 12.6. The quantitative estimate of drug-likeness (QED) is 0.686. The minimum atomic E-state index is -0.589. The Labute approximate surface area is 167 Å². The number of carbonyl (C=O) groups excluding carboxylic acids is 2. The molecular weight excluding hydrogens is 370 g/mol. The molecule has 3 heterocycles. The Hall–Kier alpha value is -3.55. The Morgan fingerprint density at radius 2 is 1.86 bits per heavy atom. The summed E-state index contributed by atoms with van der Waals surface area (Å²) >= 11 is 0. The summed E-state index contributed by atoms with van der Waals surface area (Å²) in [4.78, 5) is 28.3. The van der Waals surface area contributed by atoms with Crippen LogP contribution < -0.4 is 5.32 Å². The summed E-state index contributed by atoms with van der Waals surface area (Å²) in [5.41, 5.74) is 1.72. The fourth-order valence-electron chi connectivity index (χ4n) is 3.41. The standard InChI is InChI=1S/C21H21N5O3/c1-29-21(28)17-10-6-9-16(23-17)20(27)22-15-8-5-7-14(13-15)19-25-24-18-11-3-2-4-12-26(18)19/h5-10,13H,2-4,11-12H2,1H3,(H,22,27). The molecule has 0 fully saturated rings. The van der Waals surface area contributed by atoms with E-state index >= 15 is 0 Å². The molecule has 148 valence electrons. The lowest BCUT2D eigenvalue weighted by Crippen LogP contribution is -2.16. The monoisotopic (exact) mass is 391 g/mol. The number of nitrogens with zero attached hydrogens (tertiary/aromatic N) is 4. The third kappa shape index (κ3) is 4.01. The number of rotatable bonds is 4. The summed E-state index contributed by atoms with van der Waals surface area (Å²) in [6, 6.07) is 12.1. The molecule has 3 aromatic rings. The summed E-state index contributed by atoms with van der Waals surface area (Å²) in [5.74, 6) is 0.821. The van der Waals surface area contributed by atoms with Gasteiger partial charge in [-0.1, -0.05) is 24.6 Å².